The Balaban J connectivity index is 2.47. The van der Waals surface area contributed by atoms with E-state index in [1.165, 1.54) is 5.69 Å². The van der Waals surface area contributed by atoms with Crippen molar-refractivity contribution in [3.8, 4) is 0 Å². The Bertz CT molecular complexity index is 517. The van der Waals surface area contributed by atoms with Crippen LogP contribution in [0.2, 0.25) is 24.7 Å². The Hall–Kier alpha value is -0.863. The van der Waals surface area contributed by atoms with Crippen LogP contribution >= 0.6 is 11.6 Å². The molecule has 0 aliphatic carbocycles. The molecule has 1 aromatic heterocycles. The highest BCUT2D eigenvalue weighted by Gasteiger charge is 2.15. The summed E-state index contributed by atoms with van der Waals surface area (Å²) in [5.74, 6) is 0. The Morgan fingerprint density at radius 1 is 1.12 bits per heavy atom. The minimum absolute atomic E-state index is 0.745. The van der Waals surface area contributed by atoms with Crippen molar-refractivity contribution in [3.05, 3.63) is 41.0 Å². The number of rotatable bonds is 2. The van der Waals surface area contributed by atoms with Gasteiger partial charge in [0, 0.05) is 11.1 Å². The lowest BCUT2D eigenvalue weighted by atomic mass is 10.2. The summed E-state index contributed by atoms with van der Waals surface area (Å²) < 4.78 is 0. The van der Waals surface area contributed by atoms with E-state index in [4.69, 9.17) is 11.6 Å². The number of benzene rings is 1. The molecule has 0 radical (unpaired) electrons. The highest BCUT2D eigenvalue weighted by atomic mass is 35.5. The number of halogens is 1. The molecule has 2 aromatic rings. The van der Waals surface area contributed by atoms with Gasteiger partial charge in [0.25, 0.3) is 0 Å². The first kappa shape index (κ1) is 11.6. The maximum absolute atomic E-state index is 6.15. The molecule has 3 heteroatoms. The van der Waals surface area contributed by atoms with Gasteiger partial charge in [-0.2, -0.15) is 0 Å². The fourth-order valence-electron chi connectivity index (χ4n) is 1.79. The van der Waals surface area contributed by atoms with Gasteiger partial charge < -0.3 is 0 Å². The average molecular weight is 250 g/mol. The van der Waals surface area contributed by atoms with Gasteiger partial charge in [0.2, 0.25) is 0 Å². The topological polar surface area (TPSA) is 12.9 Å². The first-order chi connectivity index (χ1) is 7.46. The van der Waals surface area contributed by atoms with E-state index in [0.717, 1.165) is 22.0 Å². The third kappa shape index (κ3) is 2.63. The van der Waals surface area contributed by atoms with Crippen molar-refractivity contribution in [2.24, 2.45) is 0 Å². The second kappa shape index (κ2) is 4.19. The fourth-order valence-corrected chi connectivity index (χ4v) is 3.30. The monoisotopic (exact) mass is 249 g/mol. The van der Waals surface area contributed by atoms with Gasteiger partial charge in [0.15, 0.2) is 0 Å². The molecule has 0 amide bonds. The number of nitrogens with zero attached hydrogens (tertiary/aromatic N) is 1. The van der Waals surface area contributed by atoms with Crippen molar-refractivity contribution < 1.29 is 0 Å². The van der Waals surface area contributed by atoms with E-state index in [1.54, 1.807) is 0 Å². The summed E-state index contributed by atoms with van der Waals surface area (Å²) in [4.78, 5) is 4.66. The summed E-state index contributed by atoms with van der Waals surface area (Å²) in [6, 6.07) is 11.3. The summed E-state index contributed by atoms with van der Waals surface area (Å²) >= 11 is 6.15. The number of hydrogen-bond acceptors (Lipinski definition) is 1. The number of pyridine rings is 1. The molecule has 2 rings (SSSR count). The van der Waals surface area contributed by atoms with Crippen molar-refractivity contribution in [2.75, 3.05) is 0 Å². The van der Waals surface area contributed by atoms with Gasteiger partial charge in [-0.1, -0.05) is 49.4 Å². The zero-order valence-electron chi connectivity index (χ0n) is 9.92. The lowest BCUT2D eigenvalue weighted by molar-refractivity contribution is 1.17. The minimum atomic E-state index is -1.11. The second-order valence-electron chi connectivity index (χ2n) is 5.35. The summed E-state index contributed by atoms with van der Waals surface area (Å²) in [6.07, 6.45) is 0. The van der Waals surface area contributed by atoms with Crippen LogP contribution in [0.4, 0.5) is 0 Å². The van der Waals surface area contributed by atoms with Gasteiger partial charge in [0.1, 0.15) is 0 Å². The quantitative estimate of drug-likeness (QED) is 0.723. The molecule has 1 aromatic carbocycles. The molecule has 84 valence electrons. The molecule has 0 saturated carbocycles. The largest absolute Gasteiger partial charge is 0.252 e. The molecule has 0 fully saturated rings. The number of fused-ring (bicyclic) bond motifs is 1. The highest BCUT2D eigenvalue weighted by molar-refractivity contribution is 6.75. The average Bonchev–Trinajstić information content (AvgIpc) is 2.17. The Kier molecular flexibility index (Phi) is 3.04. The third-order valence-corrected chi connectivity index (χ3v) is 4.17. The summed E-state index contributed by atoms with van der Waals surface area (Å²) in [7, 11) is -1.11. The van der Waals surface area contributed by atoms with Crippen LogP contribution in [-0.4, -0.2) is 13.1 Å². The van der Waals surface area contributed by atoms with Crippen LogP contribution in [0, 0.1) is 0 Å². The number of hydrogen-bond donors (Lipinski definition) is 0. The van der Waals surface area contributed by atoms with Gasteiger partial charge in [-0.25, -0.2) is 0 Å². The van der Waals surface area contributed by atoms with E-state index < -0.39 is 8.07 Å². The molecular weight excluding hydrogens is 234 g/mol. The molecule has 0 spiro atoms. The van der Waals surface area contributed by atoms with Gasteiger partial charge in [0.05, 0.1) is 18.6 Å². The maximum Gasteiger partial charge on any atom is 0.0891 e. The zero-order valence-corrected chi connectivity index (χ0v) is 11.7. The molecule has 0 saturated heterocycles. The molecule has 1 nitrogen and oxygen atoms in total. The molecule has 1 heterocycles. The van der Waals surface area contributed by atoms with E-state index in [9.17, 15) is 0 Å². The molecule has 0 aliphatic rings. The van der Waals surface area contributed by atoms with E-state index in [-0.39, 0.29) is 0 Å². The van der Waals surface area contributed by atoms with E-state index in [2.05, 4.69) is 36.8 Å². The van der Waals surface area contributed by atoms with Crippen LogP contribution < -0.4 is 0 Å². The molecule has 0 aliphatic heterocycles. The van der Waals surface area contributed by atoms with E-state index in [1.807, 2.05) is 18.2 Å². The summed E-state index contributed by atoms with van der Waals surface area (Å²) in [5.41, 5.74) is 2.10. The first-order valence-corrected chi connectivity index (χ1v) is 9.58. The van der Waals surface area contributed by atoms with Crippen LogP contribution in [-0.2, 0) is 6.04 Å². The Morgan fingerprint density at radius 2 is 1.88 bits per heavy atom. The molecule has 0 N–H and O–H groups in total. The van der Waals surface area contributed by atoms with Crippen molar-refractivity contribution in [2.45, 2.75) is 25.7 Å². The lowest BCUT2D eigenvalue weighted by Crippen LogP contribution is -2.24. The Morgan fingerprint density at radius 3 is 2.56 bits per heavy atom. The molecule has 0 atom stereocenters. The van der Waals surface area contributed by atoms with Crippen molar-refractivity contribution >= 4 is 30.6 Å². The molecular formula is C13H16ClNSi. The van der Waals surface area contributed by atoms with Crippen LogP contribution in [0.3, 0.4) is 0 Å². The summed E-state index contributed by atoms with van der Waals surface area (Å²) in [6.45, 7) is 7.06. The predicted molar refractivity (Wildman–Crippen MR) is 73.8 cm³/mol. The predicted octanol–water partition coefficient (Wildman–Crippen LogP) is 4.31. The van der Waals surface area contributed by atoms with E-state index >= 15 is 0 Å². The highest BCUT2D eigenvalue weighted by Crippen LogP contribution is 2.22. The molecule has 0 bridgehead atoms. The number of para-hydroxylation sites is 1. The van der Waals surface area contributed by atoms with Gasteiger partial charge in [-0.05, 0) is 18.2 Å². The SMILES string of the molecule is C[Si](C)(C)Cc1ccc2cccc(Cl)c2n1. The van der Waals surface area contributed by atoms with Crippen LogP contribution in [0.5, 0.6) is 0 Å². The minimum Gasteiger partial charge on any atom is -0.252 e. The summed E-state index contributed by atoms with van der Waals surface area (Å²) in [5, 5.41) is 1.86. The van der Waals surface area contributed by atoms with Crippen LogP contribution in [0.1, 0.15) is 5.69 Å². The normalized spacial score (nSPS) is 12.0. The molecule has 0 unspecified atom stereocenters. The zero-order chi connectivity index (χ0) is 11.8. The van der Waals surface area contributed by atoms with Gasteiger partial charge >= 0.3 is 0 Å². The fraction of sp³-hybridized carbons (Fsp3) is 0.308. The lowest BCUT2D eigenvalue weighted by Gasteiger charge is -2.15. The van der Waals surface area contributed by atoms with Gasteiger partial charge in [-0.15, -0.1) is 0 Å². The first-order valence-electron chi connectivity index (χ1n) is 5.50. The smallest absolute Gasteiger partial charge is 0.0891 e. The van der Waals surface area contributed by atoms with Crippen LogP contribution in [0.25, 0.3) is 10.9 Å². The second-order valence-corrected chi connectivity index (χ2v) is 11.2. The van der Waals surface area contributed by atoms with Gasteiger partial charge in [-0.3, -0.25) is 4.98 Å². The van der Waals surface area contributed by atoms with Crippen molar-refractivity contribution in [3.63, 3.8) is 0 Å². The van der Waals surface area contributed by atoms with Crippen molar-refractivity contribution in [1.82, 2.24) is 4.98 Å². The maximum atomic E-state index is 6.15. The van der Waals surface area contributed by atoms with E-state index in [0.29, 0.717) is 0 Å². The Labute approximate surface area is 102 Å². The standard InChI is InChI=1S/C13H16ClNSi/c1-16(2,3)9-11-8-7-10-5-4-6-12(14)13(10)15-11/h4-8H,9H2,1-3H3. The van der Waals surface area contributed by atoms with Crippen molar-refractivity contribution in [1.29, 1.82) is 0 Å². The number of aromatic nitrogens is 1. The third-order valence-electron chi connectivity index (χ3n) is 2.44. The molecule has 16 heavy (non-hydrogen) atoms. The van der Waals surface area contributed by atoms with Crippen LogP contribution in [0.15, 0.2) is 30.3 Å².